The van der Waals surface area contributed by atoms with E-state index >= 15 is 0 Å². The Bertz CT molecular complexity index is 1770. The highest BCUT2D eigenvalue weighted by molar-refractivity contribution is 6.05. The van der Waals surface area contributed by atoms with Crippen molar-refractivity contribution in [2.45, 2.75) is 0 Å². The molecule has 4 heteroatoms. The van der Waals surface area contributed by atoms with Gasteiger partial charge in [0.1, 0.15) is 12.1 Å². The summed E-state index contributed by atoms with van der Waals surface area (Å²) in [5, 5.41) is 20.9. The molecule has 0 aliphatic heterocycles. The topological polar surface area (TPSA) is 73.4 Å². The molecular weight excluding hydrogens is 464 g/mol. The molecule has 0 spiro atoms. The third-order valence-electron chi connectivity index (χ3n) is 6.67. The molecule has 6 aromatic rings. The Hall–Kier alpha value is -5.58. The van der Waals surface area contributed by atoms with Gasteiger partial charge >= 0.3 is 0 Å². The summed E-state index contributed by atoms with van der Waals surface area (Å²) in [6.07, 6.45) is 6.72. The Kier molecular flexibility index (Phi) is 5.91. The number of nitriles is 2. The second kappa shape index (κ2) is 9.82. The van der Waals surface area contributed by atoms with Crippen LogP contribution in [0.2, 0.25) is 0 Å². The quantitative estimate of drug-likeness (QED) is 0.254. The molecule has 2 heterocycles. The first-order valence-electron chi connectivity index (χ1n) is 12.2. The molecule has 6 rings (SSSR count). The third kappa shape index (κ3) is 4.28. The molecule has 0 saturated carbocycles. The zero-order valence-electron chi connectivity index (χ0n) is 20.3. The lowest BCUT2D eigenvalue weighted by atomic mass is 9.90. The third-order valence-corrected chi connectivity index (χ3v) is 6.67. The van der Waals surface area contributed by atoms with Crippen LogP contribution in [-0.2, 0) is 0 Å². The van der Waals surface area contributed by atoms with Crippen LogP contribution in [0.15, 0.2) is 122 Å². The van der Waals surface area contributed by atoms with Gasteiger partial charge in [-0.1, -0.05) is 72.8 Å². The van der Waals surface area contributed by atoms with E-state index in [0.29, 0.717) is 11.1 Å². The second-order valence-corrected chi connectivity index (χ2v) is 9.02. The van der Waals surface area contributed by atoms with E-state index in [-0.39, 0.29) is 0 Å². The molecule has 0 atom stereocenters. The van der Waals surface area contributed by atoms with Crippen molar-refractivity contribution >= 4 is 10.8 Å². The van der Waals surface area contributed by atoms with Gasteiger partial charge in [-0.3, -0.25) is 9.97 Å². The summed E-state index contributed by atoms with van der Waals surface area (Å²) in [6.45, 7) is 0. The van der Waals surface area contributed by atoms with Crippen LogP contribution in [0.3, 0.4) is 0 Å². The van der Waals surface area contributed by atoms with E-state index < -0.39 is 0 Å². The summed E-state index contributed by atoms with van der Waals surface area (Å²) in [6, 6.07) is 37.5. The van der Waals surface area contributed by atoms with Crippen molar-refractivity contribution in [3.8, 4) is 56.6 Å². The van der Waals surface area contributed by atoms with Crippen molar-refractivity contribution in [1.82, 2.24) is 9.97 Å². The van der Waals surface area contributed by atoms with Crippen molar-refractivity contribution in [2.75, 3.05) is 0 Å². The Morgan fingerprint density at radius 3 is 1.32 bits per heavy atom. The molecule has 0 saturated heterocycles. The number of fused-ring (bicyclic) bond motifs is 1. The van der Waals surface area contributed by atoms with Crippen LogP contribution in [0.1, 0.15) is 11.1 Å². The summed E-state index contributed by atoms with van der Waals surface area (Å²) in [5.74, 6) is 0. The van der Waals surface area contributed by atoms with Crippen molar-refractivity contribution in [3.05, 3.63) is 133 Å². The first kappa shape index (κ1) is 22.9. The summed E-state index contributed by atoms with van der Waals surface area (Å²) in [5.41, 5.74) is 9.41. The largest absolute Gasteiger partial charge is 0.263 e. The summed E-state index contributed by atoms with van der Waals surface area (Å²) < 4.78 is 0. The molecule has 0 fully saturated rings. The minimum Gasteiger partial charge on any atom is -0.263 e. The molecule has 0 aliphatic carbocycles. The molecule has 0 amide bonds. The minimum atomic E-state index is 0.542. The van der Waals surface area contributed by atoms with Gasteiger partial charge < -0.3 is 0 Å². The van der Waals surface area contributed by atoms with Gasteiger partial charge in [-0.15, -0.1) is 0 Å². The van der Waals surface area contributed by atoms with Gasteiger partial charge in [-0.25, -0.2) is 0 Å². The number of hydrogen-bond donors (Lipinski definition) is 0. The van der Waals surface area contributed by atoms with Crippen LogP contribution >= 0.6 is 0 Å². The van der Waals surface area contributed by atoms with Gasteiger partial charge in [0.05, 0.1) is 11.1 Å². The smallest absolute Gasteiger partial charge is 0.101 e. The normalized spacial score (nSPS) is 10.6. The van der Waals surface area contributed by atoms with Crippen molar-refractivity contribution in [1.29, 1.82) is 10.5 Å². The van der Waals surface area contributed by atoms with Gasteiger partial charge in [0.15, 0.2) is 0 Å². The lowest BCUT2D eigenvalue weighted by Gasteiger charge is -2.14. The first-order valence-corrected chi connectivity index (χ1v) is 12.2. The zero-order valence-corrected chi connectivity index (χ0v) is 20.3. The molecule has 2 aromatic heterocycles. The minimum absolute atomic E-state index is 0.542. The van der Waals surface area contributed by atoms with Crippen molar-refractivity contribution in [2.24, 2.45) is 0 Å². The Morgan fingerprint density at radius 1 is 0.421 bits per heavy atom. The van der Waals surface area contributed by atoms with Crippen LogP contribution < -0.4 is 0 Å². The molecule has 0 aliphatic rings. The van der Waals surface area contributed by atoms with E-state index in [9.17, 15) is 10.5 Å². The van der Waals surface area contributed by atoms with E-state index in [2.05, 4.69) is 82.8 Å². The molecule has 0 N–H and O–H groups in total. The van der Waals surface area contributed by atoms with E-state index in [0.717, 1.165) is 55.3 Å². The fraction of sp³-hybridized carbons (Fsp3) is 0. The number of hydrogen-bond acceptors (Lipinski definition) is 4. The summed E-state index contributed by atoms with van der Waals surface area (Å²) in [7, 11) is 0. The lowest BCUT2D eigenvalue weighted by molar-refractivity contribution is 1.30. The molecule has 4 nitrogen and oxygen atoms in total. The predicted octanol–water partition coefficient (Wildman–Crippen LogP) is 8.04. The molecular formula is C34H20N4. The highest BCUT2D eigenvalue weighted by atomic mass is 14.6. The maximum atomic E-state index is 9.28. The highest BCUT2D eigenvalue weighted by Crippen LogP contribution is 2.37. The number of nitrogens with zero attached hydrogens (tertiary/aromatic N) is 4. The number of pyridine rings is 2. The number of benzene rings is 4. The van der Waals surface area contributed by atoms with Crippen molar-refractivity contribution in [3.63, 3.8) is 0 Å². The molecule has 176 valence electrons. The molecule has 0 bridgehead atoms. The first-order chi connectivity index (χ1) is 18.7. The van der Waals surface area contributed by atoms with Gasteiger partial charge in [0, 0.05) is 35.9 Å². The fourth-order valence-corrected chi connectivity index (χ4v) is 4.85. The molecule has 4 aromatic carbocycles. The second-order valence-electron chi connectivity index (χ2n) is 9.02. The van der Waals surface area contributed by atoms with Crippen molar-refractivity contribution < 1.29 is 0 Å². The lowest BCUT2D eigenvalue weighted by Crippen LogP contribution is -1.89. The predicted molar refractivity (Wildman–Crippen MR) is 151 cm³/mol. The molecule has 0 unspecified atom stereocenters. The summed E-state index contributed by atoms with van der Waals surface area (Å²) >= 11 is 0. The van der Waals surface area contributed by atoms with E-state index in [1.807, 2.05) is 36.4 Å². The van der Waals surface area contributed by atoms with Crippen LogP contribution in [0.4, 0.5) is 0 Å². The van der Waals surface area contributed by atoms with E-state index in [1.165, 1.54) is 0 Å². The Morgan fingerprint density at radius 2 is 0.868 bits per heavy atom. The Labute approximate surface area is 220 Å². The number of aromatic nitrogens is 2. The van der Waals surface area contributed by atoms with E-state index in [4.69, 9.17) is 0 Å². The average molecular weight is 485 g/mol. The summed E-state index contributed by atoms with van der Waals surface area (Å²) in [4.78, 5) is 8.45. The average Bonchev–Trinajstić information content (AvgIpc) is 3.00. The van der Waals surface area contributed by atoms with Gasteiger partial charge in [-0.2, -0.15) is 10.5 Å². The number of rotatable bonds is 4. The molecule has 0 radical (unpaired) electrons. The van der Waals surface area contributed by atoms with Crippen LogP contribution in [0.25, 0.3) is 55.3 Å². The fourth-order valence-electron chi connectivity index (χ4n) is 4.85. The maximum absolute atomic E-state index is 9.28. The molecule has 38 heavy (non-hydrogen) atoms. The standard InChI is InChI=1S/C34H20N4/c35-17-23-13-29(21-37-19-23)25-5-3-7-27(15-25)31-11-12-32(34-10-2-1-9-33(31)34)28-8-4-6-26(16-28)30-14-24(18-36)20-38-22-30/h1-16,19-22H. The maximum Gasteiger partial charge on any atom is 0.101 e. The SMILES string of the molecule is N#Cc1cncc(-c2cccc(-c3ccc(-c4cccc(-c5cncc(C#N)c5)c4)c4ccccc34)c2)c1. The van der Waals surface area contributed by atoms with Gasteiger partial charge in [-0.05, 0) is 68.4 Å². The zero-order chi connectivity index (χ0) is 25.9. The van der Waals surface area contributed by atoms with E-state index in [1.54, 1.807) is 24.8 Å². The highest BCUT2D eigenvalue weighted by Gasteiger charge is 2.12. The van der Waals surface area contributed by atoms with Crippen LogP contribution in [0.5, 0.6) is 0 Å². The Balaban J connectivity index is 1.46. The van der Waals surface area contributed by atoms with Crippen LogP contribution in [-0.4, -0.2) is 9.97 Å². The van der Waals surface area contributed by atoms with Gasteiger partial charge in [0.2, 0.25) is 0 Å². The van der Waals surface area contributed by atoms with Crippen LogP contribution in [0, 0.1) is 22.7 Å². The van der Waals surface area contributed by atoms with Gasteiger partial charge in [0.25, 0.3) is 0 Å². The monoisotopic (exact) mass is 484 g/mol.